The molecule has 0 aliphatic carbocycles. The number of benzene rings is 2. The number of carbonyl (C=O) groups is 1. The number of anilines is 3. The molecule has 2 N–H and O–H groups in total. The Morgan fingerprint density at radius 2 is 1.70 bits per heavy atom. The summed E-state index contributed by atoms with van der Waals surface area (Å²) in [5.41, 5.74) is 5.35. The van der Waals surface area contributed by atoms with E-state index >= 15 is 0 Å². The van der Waals surface area contributed by atoms with E-state index in [2.05, 4.69) is 39.9 Å². The van der Waals surface area contributed by atoms with Crippen LogP contribution in [0.4, 0.5) is 17.2 Å². The van der Waals surface area contributed by atoms with Crippen molar-refractivity contribution in [2.45, 2.75) is 20.8 Å². The fraction of sp³-hybridized carbons (Fsp3) is 0.190. The summed E-state index contributed by atoms with van der Waals surface area (Å²) in [6.07, 6.45) is 0. The highest BCUT2D eigenvalue weighted by molar-refractivity contribution is 6.02. The largest absolute Gasteiger partial charge is 0.497 e. The molecular formula is C21H22N4O2. The Hall–Kier alpha value is -3.41. The van der Waals surface area contributed by atoms with Crippen LogP contribution in [0.3, 0.4) is 0 Å². The van der Waals surface area contributed by atoms with Gasteiger partial charge >= 0.3 is 0 Å². The topological polar surface area (TPSA) is 76.1 Å². The molecule has 0 aliphatic rings. The molecule has 6 nitrogen and oxygen atoms in total. The minimum Gasteiger partial charge on any atom is -0.497 e. The van der Waals surface area contributed by atoms with E-state index in [-0.39, 0.29) is 11.6 Å². The van der Waals surface area contributed by atoms with Crippen LogP contribution < -0.4 is 15.4 Å². The summed E-state index contributed by atoms with van der Waals surface area (Å²) in [5, 5.41) is 14.2. The highest BCUT2D eigenvalue weighted by atomic mass is 16.5. The van der Waals surface area contributed by atoms with Gasteiger partial charge in [-0.15, -0.1) is 10.2 Å². The lowest BCUT2D eigenvalue weighted by molar-refractivity contribution is 0.102. The van der Waals surface area contributed by atoms with Crippen LogP contribution in [0.1, 0.15) is 27.2 Å². The maximum absolute atomic E-state index is 12.4. The molecule has 0 atom stereocenters. The van der Waals surface area contributed by atoms with E-state index in [1.807, 2.05) is 19.9 Å². The Bertz CT molecular complexity index is 945. The highest BCUT2D eigenvalue weighted by Crippen LogP contribution is 2.25. The van der Waals surface area contributed by atoms with Gasteiger partial charge in [0.2, 0.25) is 0 Å². The van der Waals surface area contributed by atoms with Crippen LogP contribution in [0.25, 0.3) is 0 Å². The maximum atomic E-state index is 12.4. The molecule has 0 fully saturated rings. The maximum Gasteiger partial charge on any atom is 0.276 e. The second-order valence-corrected chi connectivity index (χ2v) is 6.39. The quantitative estimate of drug-likeness (QED) is 0.703. The Balaban J connectivity index is 1.72. The molecule has 1 heterocycles. The number of aryl methyl sites for hydroxylation is 3. The van der Waals surface area contributed by atoms with Gasteiger partial charge in [-0.05, 0) is 56.2 Å². The van der Waals surface area contributed by atoms with E-state index in [0.29, 0.717) is 17.3 Å². The molecule has 1 aromatic heterocycles. The molecule has 0 aliphatic heterocycles. The highest BCUT2D eigenvalue weighted by Gasteiger charge is 2.10. The normalized spacial score (nSPS) is 10.4. The number of ether oxygens (including phenoxy) is 1. The molecule has 0 saturated carbocycles. The van der Waals surface area contributed by atoms with Crippen LogP contribution in [-0.4, -0.2) is 23.2 Å². The van der Waals surface area contributed by atoms with Gasteiger partial charge in [-0.3, -0.25) is 4.79 Å². The summed E-state index contributed by atoms with van der Waals surface area (Å²) in [7, 11) is 1.58. The molecule has 0 bridgehead atoms. The second-order valence-electron chi connectivity index (χ2n) is 6.39. The van der Waals surface area contributed by atoms with Gasteiger partial charge in [0.25, 0.3) is 5.91 Å². The molecule has 0 unspecified atom stereocenters. The Morgan fingerprint density at radius 3 is 2.33 bits per heavy atom. The number of methoxy groups -OCH3 is 1. The van der Waals surface area contributed by atoms with Crippen molar-refractivity contribution in [1.82, 2.24) is 10.2 Å². The van der Waals surface area contributed by atoms with Crippen molar-refractivity contribution >= 4 is 23.1 Å². The molecule has 27 heavy (non-hydrogen) atoms. The van der Waals surface area contributed by atoms with Gasteiger partial charge < -0.3 is 15.4 Å². The number of carbonyl (C=O) groups excluding carboxylic acids is 1. The smallest absolute Gasteiger partial charge is 0.276 e. The predicted octanol–water partition coefficient (Wildman–Crippen LogP) is 4.41. The molecule has 2 aromatic carbocycles. The molecule has 138 valence electrons. The van der Waals surface area contributed by atoms with E-state index in [0.717, 1.165) is 16.8 Å². The summed E-state index contributed by atoms with van der Waals surface area (Å²) >= 11 is 0. The molecule has 0 spiro atoms. The first-order valence-corrected chi connectivity index (χ1v) is 8.60. The summed E-state index contributed by atoms with van der Waals surface area (Å²) in [6.45, 7) is 6.16. The third kappa shape index (κ3) is 4.41. The summed E-state index contributed by atoms with van der Waals surface area (Å²) in [5.74, 6) is 0.926. The molecular weight excluding hydrogens is 340 g/mol. The van der Waals surface area contributed by atoms with Crippen LogP contribution in [0.2, 0.25) is 0 Å². The minimum atomic E-state index is -0.329. The average molecular weight is 362 g/mol. The van der Waals surface area contributed by atoms with Crippen LogP contribution in [0, 0.1) is 20.8 Å². The Kier molecular flexibility index (Phi) is 5.35. The van der Waals surface area contributed by atoms with Crippen molar-refractivity contribution in [2.75, 3.05) is 17.7 Å². The Morgan fingerprint density at radius 1 is 0.963 bits per heavy atom. The SMILES string of the molecule is COc1cccc(NC(=O)c2ccc(Nc3c(C)cc(C)cc3C)nn2)c1. The number of rotatable bonds is 5. The fourth-order valence-corrected chi connectivity index (χ4v) is 2.92. The van der Waals surface area contributed by atoms with Crippen molar-refractivity contribution in [1.29, 1.82) is 0 Å². The Labute approximate surface area is 158 Å². The molecule has 3 rings (SSSR count). The van der Waals surface area contributed by atoms with Gasteiger partial charge in [-0.25, -0.2) is 0 Å². The van der Waals surface area contributed by atoms with Crippen molar-refractivity contribution in [3.05, 3.63) is 70.9 Å². The molecule has 6 heteroatoms. The number of nitrogens with zero attached hydrogens (tertiary/aromatic N) is 2. The summed E-state index contributed by atoms with van der Waals surface area (Å²) in [6, 6.07) is 14.7. The van der Waals surface area contributed by atoms with Gasteiger partial charge in [0.1, 0.15) is 5.75 Å². The fourth-order valence-electron chi connectivity index (χ4n) is 2.92. The second kappa shape index (κ2) is 7.86. The van der Waals surface area contributed by atoms with Crippen molar-refractivity contribution in [2.24, 2.45) is 0 Å². The molecule has 3 aromatic rings. The minimum absolute atomic E-state index is 0.237. The van der Waals surface area contributed by atoms with Crippen LogP contribution in [-0.2, 0) is 0 Å². The van der Waals surface area contributed by atoms with Crippen molar-refractivity contribution in [3.63, 3.8) is 0 Å². The van der Waals surface area contributed by atoms with Gasteiger partial charge in [0.15, 0.2) is 11.5 Å². The van der Waals surface area contributed by atoms with Crippen LogP contribution >= 0.6 is 0 Å². The zero-order chi connectivity index (χ0) is 19.4. The average Bonchev–Trinajstić information content (AvgIpc) is 2.65. The van der Waals surface area contributed by atoms with Crippen LogP contribution in [0.15, 0.2) is 48.5 Å². The first-order chi connectivity index (χ1) is 13.0. The lowest BCUT2D eigenvalue weighted by Crippen LogP contribution is -2.14. The first-order valence-electron chi connectivity index (χ1n) is 8.60. The standard InChI is InChI=1S/C21H22N4O2/c1-13-10-14(2)20(15(3)11-13)23-19-9-8-18(24-25-19)21(26)22-16-6-5-7-17(12-16)27-4/h5-12H,1-4H3,(H,22,26)(H,23,25). The number of hydrogen-bond donors (Lipinski definition) is 2. The number of amides is 1. The van der Waals surface area contributed by atoms with E-state index in [1.54, 1.807) is 37.4 Å². The monoisotopic (exact) mass is 362 g/mol. The third-order valence-electron chi connectivity index (χ3n) is 4.15. The van der Waals surface area contributed by atoms with Crippen molar-refractivity contribution < 1.29 is 9.53 Å². The number of nitrogens with one attached hydrogen (secondary N) is 2. The number of aromatic nitrogens is 2. The zero-order valence-electron chi connectivity index (χ0n) is 15.8. The predicted molar refractivity (Wildman–Crippen MR) is 107 cm³/mol. The van der Waals surface area contributed by atoms with Gasteiger partial charge in [0.05, 0.1) is 7.11 Å². The summed E-state index contributed by atoms with van der Waals surface area (Å²) < 4.78 is 5.15. The van der Waals surface area contributed by atoms with Gasteiger partial charge in [0, 0.05) is 17.4 Å². The summed E-state index contributed by atoms with van der Waals surface area (Å²) in [4.78, 5) is 12.4. The van der Waals surface area contributed by atoms with E-state index in [1.165, 1.54) is 5.56 Å². The first kappa shape index (κ1) is 18.4. The lowest BCUT2D eigenvalue weighted by Gasteiger charge is -2.13. The molecule has 0 radical (unpaired) electrons. The molecule has 1 amide bonds. The van der Waals surface area contributed by atoms with E-state index in [9.17, 15) is 4.79 Å². The number of hydrogen-bond acceptors (Lipinski definition) is 5. The van der Waals surface area contributed by atoms with Gasteiger partial charge in [-0.1, -0.05) is 23.8 Å². The van der Waals surface area contributed by atoms with Gasteiger partial charge in [-0.2, -0.15) is 0 Å². The van der Waals surface area contributed by atoms with E-state index in [4.69, 9.17) is 4.74 Å². The molecule has 0 saturated heterocycles. The third-order valence-corrected chi connectivity index (χ3v) is 4.15. The van der Waals surface area contributed by atoms with Crippen LogP contribution in [0.5, 0.6) is 5.75 Å². The zero-order valence-corrected chi connectivity index (χ0v) is 15.8. The van der Waals surface area contributed by atoms with Crippen molar-refractivity contribution in [3.8, 4) is 5.75 Å². The van der Waals surface area contributed by atoms with E-state index < -0.39 is 0 Å². The lowest BCUT2D eigenvalue weighted by atomic mass is 10.1.